The van der Waals surface area contributed by atoms with Crippen molar-refractivity contribution < 1.29 is 9.59 Å². The Kier molecular flexibility index (Phi) is 4.62. The van der Waals surface area contributed by atoms with Crippen molar-refractivity contribution in [1.82, 2.24) is 15.3 Å². The number of nitrogens with two attached hydrogens (primary N) is 1. The number of amides is 1. The van der Waals surface area contributed by atoms with Crippen molar-refractivity contribution in [2.75, 3.05) is 0 Å². The van der Waals surface area contributed by atoms with Gasteiger partial charge in [-0.15, -0.1) is 0 Å². The molecule has 20 heavy (non-hydrogen) atoms. The molecule has 1 heterocycles. The zero-order chi connectivity index (χ0) is 14.4. The summed E-state index contributed by atoms with van der Waals surface area (Å²) in [5, 5.41) is 2.76. The Morgan fingerprint density at radius 3 is 2.75 bits per heavy atom. The third kappa shape index (κ3) is 3.76. The number of nitrogens with zero attached hydrogens (tertiary/aromatic N) is 1. The molecule has 0 bridgehead atoms. The van der Waals surface area contributed by atoms with Crippen LogP contribution in [0, 0.1) is 0 Å². The summed E-state index contributed by atoms with van der Waals surface area (Å²) < 4.78 is 0. The number of H-pyrrole nitrogens is 1. The molecule has 2 aromatic rings. The van der Waals surface area contributed by atoms with Crippen LogP contribution in [0.25, 0.3) is 0 Å². The highest BCUT2D eigenvalue weighted by Gasteiger charge is 2.14. The lowest BCUT2D eigenvalue weighted by Crippen LogP contribution is -2.41. The van der Waals surface area contributed by atoms with Gasteiger partial charge in [0.25, 0.3) is 0 Å². The fourth-order valence-corrected chi connectivity index (χ4v) is 1.76. The van der Waals surface area contributed by atoms with E-state index in [0.717, 1.165) is 17.5 Å². The largest absolute Gasteiger partial charge is 0.351 e. The average molecular weight is 272 g/mol. The van der Waals surface area contributed by atoms with E-state index in [2.05, 4.69) is 15.3 Å². The number of aldehydes is 1. The zero-order valence-corrected chi connectivity index (χ0v) is 10.9. The number of nitrogens with one attached hydrogen (secondary N) is 2. The number of benzene rings is 1. The normalized spacial score (nSPS) is 11.8. The second kappa shape index (κ2) is 6.63. The highest BCUT2D eigenvalue weighted by Crippen LogP contribution is 2.02. The lowest BCUT2D eigenvalue weighted by molar-refractivity contribution is -0.122. The van der Waals surface area contributed by atoms with Gasteiger partial charge in [0.2, 0.25) is 5.91 Å². The average Bonchev–Trinajstić information content (AvgIpc) is 2.98. The molecule has 1 atom stereocenters. The summed E-state index contributed by atoms with van der Waals surface area (Å²) in [5.74, 6) is -0.223. The predicted octanol–water partition coefficient (Wildman–Crippen LogP) is 0.408. The molecular weight excluding hydrogens is 256 g/mol. The fourth-order valence-electron chi connectivity index (χ4n) is 1.76. The van der Waals surface area contributed by atoms with Crippen LogP contribution in [0.2, 0.25) is 0 Å². The first-order valence-corrected chi connectivity index (χ1v) is 6.23. The Labute approximate surface area is 116 Å². The lowest BCUT2D eigenvalue weighted by Gasteiger charge is -2.11. The van der Waals surface area contributed by atoms with Gasteiger partial charge in [-0.3, -0.25) is 9.59 Å². The Hall–Kier alpha value is -2.47. The van der Waals surface area contributed by atoms with Crippen LogP contribution in [0.3, 0.4) is 0 Å². The summed E-state index contributed by atoms with van der Waals surface area (Å²) in [6, 6.07) is 6.39. The van der Waals surface area contributed by atoms with Crippen molar-refractivity contribution in [3.05, 3.63) is 53.6 Å². The number of hydrogen-bond acceptors (Lipinski definition) is 4. The Morgan fingerprint density at radius 2 is 2.15 bits per heavy atom. The monoisotopic (exact) mass is 272 g/mol. The molecule has 1 aromatic carbocycles. The quantitative estimate of drug-likeness (QED) is 0.663. The molecule has 0 saturated carbocycles. The molecule has 6 heteroatoms. The van der Waals surface area contributed by atoms with E-state index in [1.807, 2.05) is 0 Å². The summed E-state index contributed by atoms with van der Waals surface area (Å²) >= 11 is 0. The van der Waals surface area contributed by atoms with Crippen LogP contribution in [0.5, 0.6) is 0 Å². The molecule has 0 radical (unpaired) electrons. The van der Waals surface area contributed by atoms with E-state index in [0.29, 0.717) is 18.5 Å². The van der Waals surface area contributed by atoms with Gasteiger partial charge in [0, 0.05) is 30.4 Å². The molecule has 0 fully saturated rings. The number of carbonyl (C=O) groups excluding carboxylic acids is 2. The number of aromatic amines is 1. The summed E-state index contributed by atoms with van der Waals surface area (Å²) in [5.41, 5.74) is 8.16. The van der Waals surface area contributed by atoms with E-state index in [1.54, 1.807) is 36.8 Å². The minimum Gasteiger partial charge on any atom is -0.351 e. The van der Waals surface area contributed by atoms with Crippen LogP contribution < -0.4 is 11.1 Å². The molecule has 0 unspecified atom stereocenters. The summed E-state index contributed by atoms with van der Waals surface area (Å²) in [4.78, 5) is 29.1. The van der Waals surface area contributed by atoms with Crippen LogP contribution >= 0.6 is 0 Å². The van der Waals surface area contributed by atoms with Gasteiger partial charge in [0.05, 0.1) is 12.4 Å². The smallest absolute Gasteiger partial charge is 0.237 e. The Bertz CT molecular complexity index is 563. The molecule has 4 N–H and O–H groups in total. The molecule has 104 valence electrons. The minimum atomic E-state index is -0.621. The van der Waals surface area contributed by atoms with Crippen molar-refractivity contribution >= 4 is 12.2 Å². The van der Waals surface area contributed by atoms with Crippen LogP contribution in [-0.4, -0.2) is 28.2 Å². The number of imidazole rings is 1. The molecule has 1 aromatic heterocycles. The van der Waals surface area contributed by atoms with E-state index < -0.39 is 6.04 Å². The van der Waals surface area contributed by atoms with Crippen molar-refractivity contribution in [3.63, 3.8) is 0 Å². The molecule has 0 aliphatic rings. The Morgan fingerprint density at radius 1 is 1.40 bits per heavy atom. The van der Waals surface area contributed by atoms with Crippen molar-refractivity contribution in [3.8, 4) is 0 Å². The molecule has 6 nitrogen and oxygen atoms in total. The van der Waals surface area contributed by atoms with Gasteiger partial charge in [-0.05, 0) is 5.56 Å². The zero-order valence-electron chi connectivity index (χ0n) is 10.9. The second-order valence-corrected chi connectivity index (χ2v) is 4.46. The minimum absolute atomic E-state index is 0.223. The number of rotatable bonds is 6. The summed E-state index contributed by atoms with van der Waals surface area (Å²) in [7, 11) is 0. The molecule has 0 aliphatic carbocycles. The van der Waals surface area contributed by atoms with E-state index in [4.69, 9.17) is 5.73 Å². The van der Waals surface area contributed by atoms with Crippen LogP contribution in [-0.2, 0) is 17.8 Å². The predicted molar refractivity (Wildman–Crippen MR) is 73.9 cm³/mol. The van der Waals surface area contributed by atoms with E-state index >= 15 is 0 Å². The van der Waals surface area contributed by atoms with Crippen LogP contribution in [0.4, 0.5) is 0 Å². The van der Waals surface area contributed by atoms with Crippen LogP contribution in [0.15, 0.2) is 36.8 Å². The highest BCUT2D eigenvalue weighted by atomic mass is 16.2. The maximum absolute atomic E-state index is 11.8. The van der Waals surface area contributed by atoms with E-state index in [-0.39, 0.29) is 5.91 Å². The van der Waals surface area contributed by atoms with Gasteiger partial charge in [-0.1, -0.05) is 24.3 Å². The standard InChI is InChI=1S/C14H16N4O2/c15-13(5-12-7-16-9-18-12)14(20)17-6-10-1-3-11(8-19)4-2-10/h1-4,7-9,13H,5-6,15H2,(H,16,18)(H,17,20)/t13-/m0/s1. The number of hydrogen-bond donors (Lipinski definition) is 3. The highest BCUT2D eigenvalue weighted by molar-refractivity contribution is 5.81. The van der Waals surface area contributed by atoms with Crippen LogP contribution in [0.1, 0.15) is 21.6 Å². The molecule has 2 rings (SSSR count). The number of aromatic nitrogens is 2. The van der Waals surface area contributed by atoms with Crippen molar-refractivity contribution in [2.24, 2.45) is 5.73 Å². The molecular formula is C14H16N4O2. The SMILES string of the molecule is N[C@@H](Cc1cnc[nH]1)C(=O)NCc1ccc(C=O)cc1. The summed E-state index contributed by atoms with van der Waals surface area (Å²) in [6.07, 6.45) is 4.39. The lowest BCUT2D eigenvalue weighted by atomic mass is 10.1. The van der Waals surface area contributed by atoms with E-state index in [1.165, 1.54) is 0 Å². The fraction of sp³-hybridized carbons (Fsp3) is 0.214. The maximum atomic E-state index is 11.8. The van der Waals surface area contributed by atoms with E-state index in [9.17, 15) is 9.59 Å². The summed E-state index contributed by atoms with van der Waals surface area (Å²) in [6.45, 7) is 0.384. The van der Waals surface area contributed by atoms with Crippen molar-refractivity contribution in [2.45, 2.75) is 19.0 Å². The second-order valence-electron chi connectivity index (χ2n) is 4.46. The molecule has 0 spiro atoms. The first-order valence-electron chi connectivity index (χ1n) is 6.23. The van der Waals surface area contributed by atoms with Gasteiger partial charge in [0.1, 0.15) is 6.29 Å². The Balaban J connectivity index is 1.83. The maximum Gasteiger partial charge on any atom is 0.237 e. The first kappa shape index (κ1) is 14.0. The molecule has 0 aliphatic heterocycles. The topological polar surface area (TPSA) is 101 Å². The van der Waals surface area contributed by atoms with Crippen molar-refractivity contribution in [1.29, 1.82) is 0 Å². The van der Waals surface area contributed by atoms with Gasteiger partial charge in [-0.2, -0.15) is 0 Å². The molecule has 0 saturated heterocycles. The first-order chi connectivity index (χ1) is 9.69. The van der Waals surface area contributed by atoms with Gasteiger partial charge < -0.3 is 16.0 Å². The number of carbonyl (C=O) groups is 2. The third-order valence-corrected chi connectivity index (χ3v) is 2.91. The van der Waals surface area contributed by atoms with Gasteiger partial charge in [0.15, 0.2) is 0 Å². The third-order valence-electron chi connectivity index (χ3n) is 2.91. The van der Waals surface area contributed by atoms with Gasteiger partial charge >= 0.3 is 0 Å². The van der Waals surface area contributed by atoms with Gasteiger partial charge in [-0.25, -0.2) is 4.98 Å². The molecule has 1 amide bonds.